The smallest absolute Gasteiger partial charge is 0.247 e. The Balaban J connectivity index is 1.75. The molecular formula is C17H18ClN3O. The van der Waals surface area contributed by atoms with Gasteiger partial charge in [0.25, 0.3) is 0 Å². The number of aromatic nitrogens is 1. The zero-order valence-electron chi connectivity index (χ0n) is 12.4. The SMILES string of the molecule is C[C@@H](C(=O)Nc1ccc(Cl)cn1)N1CCCc2ccccc21. The van der Waals surface area contributed by atoms with Gasteiger partial charge >= 0.3 is 0 Å². The molecule has 2 aromatic rings. The van der Waals surface area contributed by atoms with E-state index in [1.54, 1.807) is 12.1 Å². The summed E-state index contributed by atoms with van der Waals surface area (Å²) in [6.07, 6.45) is 3.66. The fourth-order valence-electron chi connectivity index (χ4n) is 2.79. The molecule has 1 aliphatic rings. The lowest BCUT2D eigenvalue weighted by Crippen LogP contribution is -2.44. The highest BCUT2D eigenvalue weighted by atomic mass is 35.5. The lowest BCUT2D eigenvalue weighted by Gasteiger charge is -2.35. The topological polar surface area (TPSA) is 45.2 Å². The number of aryl methyl sites for hydroxylation is 1. The summed E-state index contributed by atoms with van der Waals surface area (Å²) in [4.78, 5) is 18.7. The molecule has 1 N–H and O–H groups in total. The van der Waals surface area contributed by atoms with Gasteiger partial charge < -0.3 is 10.2 Å². The summed E-state index contributed by atoms with van der Waals surface area (Å²) in [6.45, 7) is 2.81. The third-order valence-electron chi connectivity index (χ3n) is 3.97. The van der Waals surface area contributed by atoms with Crippen LogP contribution < -0.4 is 10.2 Å². The molecule has 1 amide bonds. The zero-order valence-corrected chi connectivity index (χ0v) is 13.2. The fourth-order valence-corrected chi connectivity index (χ4v) is 2.90. The van der Waals surface area contributed by atoms with Crippen LogP contribution in [0.5, 0.6) is 0 Å². The van der Waals surface area contributed by atoms with Crippen molar-refractivity contribution in [1.29, 1.82) is 0 Å². The predicted molar refractivity (Wildman–Crippen MR) is 89.4 cm³/mol. The maximum atomic E-state index is 12.5. The van der Waals surface area contributed by atoms with Crippen molar-refractivity contribution in [3.8, 4) is 0 Å². The molecule has 3 rings (SSSR count). The van der Waals surface area contributed by atoms with Crippen molar-refractivity contribution in [3.63, 3.8) is 0 Å². The molecule has 114 valence electrons. The van der Waals surface area contributed by atoms with Crippen LogP contribution in [0.25, 0.3) is 0 Å². The summed E-state index contributed by atoms with van der Waals surface area (Å²) in [5.74, 6) is 0.457. The van der Waals surface area contributed by atoms with Crippen molar-refractivity contribution in [2.75, 3.05) is 16.8 Å². The van der Waals surface area contributed by atoms with E-state index >= 15 is 0 Å². The highest BCUT2D eigenvalue weighted by molar-refractivity contribution is 6.30. The number of nitrogens with one attached hydrogen (secondary N) is 1. The number of halogens is 1. The van der Waals surface area contributed by atoms with Crippen LogP contribution in [0.4, 0.5) is 11.5 Å². The largest absolute Gasteiger partial charge is 0.360 e. The molecule has 5 heteroatoms. The van der Waals surface area contributed by atoms with Gasteiger partial charge in [-0.3, -0.25) is 4.79 Å². The van der Waals surface area contributed by atoms with E-state index in [-0.39, 0.29) is 11.9 Å². The number of pyridine rings is 1. The molecule has 0 radical (unpaired) electrons. The van der Waals surface area contributed by atoms with E-state index in [9.17, 15) is 4.79 Å². The second kappa shape index (κ2) is 6.36. The standard InChI is InChI=1S/C17H18ClN3O/c1-12(17(22)20-16-9-8-14(18)11-19-16)21-10-4-6-13-5-2-3-7-15(13)21/h2-3,5,7-9,11-12H,4,6,10H2,1H3,(H,19,20,22)/t12-/m0/s1. The van der Waals surface area contributed by atoms with Crippen LogP contribution in [0.3, 0.4) is 0 Å². The first kappa shape index (κ1) is 14.9. The molecule has 1 aliphatic heterocycles. The molecule has 2 heterocycles. The number of fused-ring (bicyclic) bond motifs is 1. The number of hydrogen-bond acceptors (Lipinski definition) is 3. The number of para-hydroxylation sites is 1. The molecule has 4 nitrogen and oxygen atoms in total. The molecule has 1 atom stereocenters. The minimum absolute atomic E-state index is 0.0634. The summed E-state index contributed by atoms with van der Waals surface area (Å²) >= 11 is 5.81. The van der Waals surface area contributed by atoms with E-state index in [0.717, 1.165) is 25.1 Å². The van der Waals surface area contributed by atoms with Crippen molar-refractivity contribution in [2.45, 2.75) is 25.8 Å². The maximum absolute atomic E-state index is 12.5. The summed E-state index contributed by atoms with van der Waals surface area (Å²) in [6, 6.07) is 11.4. The number of amides is 1. The van der Waals surface area contributed by atoms with Gasteiger partial charge in [0.05, 0.1) is 5.02 Å². The Morgan fingerprint density at radius 2 is 2.14 bits per heavy atom. The van der Waals surface area contributed by atoms with Crippen LogP contribution >= 0.6 is 11.6 Å². The van der Waals surface area contributed by atoms with Gasteiger partial charge in [-0.05, 0) is 43.5 Å². The van der Waals surface area contributed by atoms with Gasteiger partial charge in [0.2, 0.25) is 5.91 Å². The van der Waals surface area contributed by atoms with E-state index in [0.29, 0.717) is 10.8 Å². The average Bonchev–Trinajstić information content (AvgIpc) is 2.55. The van der Waals surface area contributed by atoms with Crippen LogP contribution in [-0.2, 0) is 11.2 Å². The van der Waals surface area contributed by atoms with Crippen molar-refractivity contribution in [3.05, 3.63) is 53.2 Å². The molecule has 1 aromatic carbocycles. The van der Waals surface area contributed by atoms with Crippen molar-refractivity contribution >= 4 is 29.0 Å². The van der Waals surface area contributed by atoms with E-state index in [1.807, 2.05) is 19.1 Å². The van der Waals surface area contributed by atoms with Gasteiger partial charge in [-0.15, -0.1) is 0 Å². The van der Waals surface area contributed by atoms with E-state index in [1.165, 1.54) is 11.8 Å². The number of carbonyl (C=O) groups excluding carboxylic acids is 1. The van der Waals surface area contributed by atoms with Gasteiger partial charge in [-0.1, -0.05) is 29.8 Å². The number of carbonyl (C=O) groups is 1. The summed E-state index contributed by atoms with van der Waals surface area (Å²) in [7, 11) is 0. The fraction of sp³-hybridized carbons (Fsp3) is 0.294. The third kappa shape index (κ3) is 3.07. The first-order chi connectivity index (χ1) is 10.6. The highest BCUT2D eigenvalue weighted by Crippen LogP contribution is 2.28. The Labute approximate surface area is 135 Å². The minimum Gasteiger partial charge on any atom is -0.360 e. The molecule has 0 saturated carbocycles. The van der Waals surface area contributed by atoms with Crippen molar-refractivity contribution in [1.82, 2.24) is 4.98 Å². The van der Waals surface area contributed by atoms with Crippen LogP contribution in [0.15, 0.2) is 42.6 Å². The van der Waals surface area contributed by atoms with E-state index in [4.69, 9.17) is 11.6 Å². The highest BCUT2D eigenvalue weighted by Gasteiger charge is 2.25. The second-order valence-corrected chi connectivity index (χ2v) is 5.89. The summed E-state index contributed by atoms with van der Waals surface area (Å²) in [5.41, 5.74) is 2.46. The molecule has 0 aliphatic carbocycles. The first-order valence-electron chi connectivity index (χ1n) is 7.42. The van der Waals surface area contributed by atoms with Crippen LogP contribution in [0.1, 0.15) is 18.9 Å². The van der Waals surface area contributed by atoms with Crippen LogP contribution in [-0.4, -0.2) is 23.5 Å². The zero-order chi connectivity index (χ0) is 15.5. The average molecular weight is 316 g/mol. The van der Waals surface area contributed by atoms with Crippen LogP contribution in [0.2, 0.25) is 5.02 Å². The lowest BCUT2D eigenvalue weighted by atomic mass is 10.00. The van der Waals surface area contributed by atoms with Gasteiger partial charge in [0.1, 0.15) is 11.9 Å². The molecule has 0 bridgehead atoms. The second-order valence-electron chi connectivity index (χ2n) is 5.45. The normalized spacial score (nSPS) is 15.1. The Morgan fingerprint density at radius 1 is 1.32 bits per heavy atom. The monoisotopic (exact) mass is 315 g/mol. The number of anilines is 2. The number of hydrogen-bond donors (Lipinski definition) is 1. The van der Waals surface area contributed by atoms with E-state index < -0.39 is 0 Å². The predicted octanol–water partition coefficient (Wildman–Crippen LogP) is 3.51. The van der Waals surface area contributed by atoms with Gasteiger partial charge in [0, 0.05) is 18.4 Å². The minimum atomic E-state index is -0.251. The lowest BCUT2D eigenvalue weighted by molar-refractivity contribution is -0.117. The Hall–Kier alpha value is -2.07. The third-order valence-corrected chi connectivity index (χ3v) is 4.20. The maximum Gasteiger partial charge on any atom is 0.247 e. The molecule has 0 unspecified atom stereocenters. The quantitative estimate of drug-likeness (QED) is 0.942. The summed E-state index contributed by atoms with van der Waals surface area (Å²) in [5, 5.41) is 3.40. The molecular weight excluding hydrogens is 298 g/mol. The van der Waals surface area contributed by atoms with Gasteiger partial charge in [0.15, 0.2) is 0 Å². The molecule has 0 spiro atoms. The number of nitrogens with zero attached hydrogens (tertiary/aromatic N) is 2. The molecule has 0 saturated heterocycles. The van der Waals surface area contributed by atoms with Gasteiger partial charge in [-0.25, -0.2) is 4.98 Å². The Bertz CT molecular complexity index is 672. The molecule has 1 aromatic heterocycles. The Morgan fingerprint density at radius 3 is 2.91 bits per heavy atom. The number of rotatable bonds is 3. The van der Waals surface area contributed by atoms with E-state index in [2.05, 4.69) is 27.3 Å². The van der Waals surface area contributed by atoms with Crippen molar-refractivity contribution in [2.24, 2.45) is 0 Å². The first-order valence-corrected chi connectivity index (χ1v) is 7.80. The van der Waals surface area contributed by atoms with Crippen LogP contribution in [0, 0.1) is 0 Å². The molecule has 22 heavy (non-hydrogen) atoms. The molecule has 0 fully saturated rings. The van der Waals surface area contributed by atoms with Gasteiger partial charge in [-0.2, -0.15) is 0 Å². The Kier molecular flexibility index (Phi) is 4.29. The van der Waals surface area contributed by atoms with Crippen molar-refractivity contribution < 1.29 is 4.79 Å². The summed E-state index contributed by atoms with van der Waals surface area (Å²) < 4.78 is 0. The number of benzene rings is 1.